The number of carboxylic acids is 1. The Labute approximate surface area is 144 Å². The summed E-state index contributed by atoms with van der Waals surface area (Å²) in [6.45, 7) is 0. The molecule has 3 atom stereocenters. The average molecular weight is 382 g/mol. The largest absolute Gasteiger partial charge is 0.496 e. The molecule has 0 spiro atoms. The molecule has 25 heavy (non-hydrogen) atoms. The predicted octanol–water partition coefficient (Wildman–Crippen LogP) is 2.58. The van der Waals surface area contributed by atoms with E-state index in [0.717, 1.165) is 0 Å². The van der Waals surface area contributed by atoms with Gasteiger partial charge in [0.25, 0.3) is 0 Å². The van der Waals surface area contributed by atoms with E-state index >= 15 is 0 Å². The van der Waals surface area contributed by atoms with Crippen molar-refractivity contribution in [3.8, 4) is 5.75 Å². The third kappa shape index (κ3) is 6.54. The smallest absolute Gasteiger partial charge is 0.395 e. The third-order valence-corrected chi connectivity index (χ3v) is 5.51. The normalized spacial score (nSPS) is 16.7. The van der Waals surface area contributed by atoms with E-state index < -0.39 is 46.0 Å². The van der Waals surface area contributed by atoms with Gasteiger partial charge in [-0.05, 0) is 18.9 Å². The van der Waals surface area contributed by atoms with E-state index in [1.807, 2.05) is 0 Å². The number of hydrogen-bond donors (Lipinski definition) is 3. The summed E-state index contributed by atoms with van der Waals surface area (Å²) in [6.07, 6.45) is -5.39. The van der Waals surface area contributed by atoms with E-state index in [0.29, 0.717) is 0 Å². The van der Waals surface area contributed by atoms with Gasteiger partial charge < -0.3 is 15.6 Å². The molecular formula is C15H21F3N2O4S. The minimum atomic E-state index is -4.60. The molecule has 10 heteroatoms. The summed E-state index contributed by atoms with van der Waals surface area (Å²) in [6, 6.07) is 4.37. The first-order valence-corrected chi connectivity index (χ1v) is 9.29. The fraction of sp³-hybridized carbons (Fsp3) is 0.533. The average Bonchev–Trinajstić information content (AvgIpc) is 2.51. The second kappa shape index (κ2) is 8.52. The van der Waals surface area contributed by atoms with E-state index in [1.54, 1.807) is 0 Å². The van der Waals surface area contributed by atoms with Crippen molar-refractivity contribution < 1.29 is 32.0 Å². The predicted molar refractivity (Wildman–Crippen MR) is 87.2 cm³/mol. The van der Waals surface area contributed by atoms with Crippen molar-refractivity contribution in [1.82, 2.24) is 0 Å². The van der Waals surface area contributed by atoms with Gasteiger partial charge in [-0.3, -0.25) is 9.57 Å². The number of nitrogens with one attached hydrogen (secondary N) is 1. The molecule has 0 bridgehead atoms. The number of alkyl halides is 3. The molecule has 0 aliphatic carbocycles. The van der Waals surface area contributed by atoms with Crippen LogP contribution >= 0.6 is 0 Å². The Morgan fingerprint density at radius 1 is 1.32 bits per heavy atom. The fourth-order valence-corrected chi connectivity index (χ4v) is 3.76. The summed E-state index contributed by atoms with van der Waals surface area (Å²) in [5.74, 6) is -4.05. The summed E-state index contributed by atoms with van der Waals surface area (Å²) in [5.41, 5.74) is 5.18. The van der Waals surface area contributed by atoms with E-state index in [9.17, 15) is 22.2 Å². The fourth-order valence-electron chi connectivity index (χ4n) is 2.30. The molecule has 0 radical (unpaired) electrons. The standard InChI is InChI=1S/C15H21F3N2O4S/c1-24-13-5-3-2-4-10(13)11(15(16,17)18)6-8-25(20,23)9-7-12(19)14(21)22/h2-5,11-12,20H,6-9,19H2,1H3,(H,21,22)/t11?,12-,25?/m0/s1. The van der Waals surface area contributed by atoms with Crippen LogP contribution in [0.25, 0.3) is 0 Å². The first-order chi connectivity index (χ1) is 11.5. The topological polar surface area (TPSA) is 113 Å². The molecule has 0 saturated heterocycles. The van der Waals surface area contributed by atoms with Gasteiger partial charge in [-0.15, -0.1) is 0 Å². The van der Waals surface area contributed by atoms with Gasteiger partial charge in [-0.1, -0.05) is 18.2 Å². The number of carboxylic acid groups (broad SMARTS) is 1. The van der Waals surface area contributed by atoms with E-state index in [2.05, 4.69) is 0 Å². The van der Waals surface area contributed by atoms with Crippen LogP contribution in [0.3, 0.4) is 0 Å². The number of hydrogen-bond acceptors (Lipinski definition) is 5. The summed E-state index contributed by atoms with van der Waals surface area (Å²) < 4.78 is 65.0. The number of halogens is 3. The Bertz CT molecular complexity index is 692. The van der Waals surface area contributed by atoms with Crippen LogP contribution in [0.1, 0.15) is 24.3 Å². The van der Waals surface area contributed by atoms with Crippen molar-refractivity contribution in [3.63, 3.8) is 0 Å². The lowest BCUT2D eigenvalue weighted by Gasteiger charge is -2.23. The Hall–Kier alpha value is -1.81. The van der Waals surface area contributed by atoms with Crippen molar-refractivity contribution in [1.29, 1.82) is 4.78 Å². The van der Waals surface area contributed by atoms with E-state index in [1.165, 1.54) is 31.4 Å². The molecule has 4 N–H and O–H groups in total. The molecule has 2 unspecified atom stereocenters. The van der Waals surface area contributed by atoms with Crippen LogP contribution in [-0.2, 0) is 14.5 Å². The third-order valence-electron chi connectivity index (χ3n) is 3.72. The molecular weight excluding hydrogens is 361 g/mol. The SMILES string of the molecule is COc1ccccc1C(CCS(=N)(=O)CC[C@H](N)C(=O)O)C(F)(F)F. The molecule has 0 fully saturated rings. The highest BCUT2D eigenvalue weighted by molar-refractivity contribution is 7.92. The molecule has 1 rings (SSSR count). The Balaban J connectivity index is 2.89. The minimum Gasteiger partial charge on any atom is -0.496 e. The number of ether oxygens (including phenoxy) is 1. The second-order valence-electron chi connectivity index (χ2n) is 5.58. The van der Waals surface area contributed by atoms with Gasteiger partial charge in [0.2, 0.25) is 0 Å². The van der Waals surface area contributed by atoms with Gasteiger partial charge in [0.15, 0.2) is 0 Å². The van der Waals surface area contributed by atoms with Crippen molar-refractivity contribution in [3.05, 3.63) is 29.8 Å². The maximum Gasteiger partial charge on any atom is 0.395 e. The van der Waals surface area contributed by atoms with Gasteiger partial charge in [0.05, 0.1) is 13.0 Å². The van der Waals surface area contributed by atoms with Gasteiger partial charge in [-0.25, -0.2) is 4.21 Å². The zero-order chi connectivity index (χ0) is 19.3. The van der Waals surface area contributed by atoms with Crippen LogP contribution in [0, 0.1) is 4.78 Å². The summed E-state index contributed by atoms with van der Waals surface area (Å²) >= 11 is 0. The first kappa shape index (κ1) is 21.2. The van der Waals surface area contributed by atoms with Gasteiger partial charge in [-0.2, -0.15) is 13.2 Å². The van der Waals surface area contributed by atoms with Gasteiger partial charge in [0.1, 0.15) is 11.8 Å². The zero-order valence-electron chi connectivity index (χ0n) is 13.6. The highest BCUT2D eigenvalue weighted by Gasteiger charge is 2.42. The lowest BCUT2D eigenvalue weighted by Crippen LogP contribution is -2.32. The summed E-state index contributed by atoms with van der Waals surface area (Å²) in [7, 11) is -2.12. The van der Waals surface area contributed by atoms with Crippen LogP contribution < -0.4 is 10.5 Å². The minimum absolute atomic E-state index is 0.0641. The molecule has 0 saturated carbocycles. The number of nitrogens with two attached hydrogens (primary N) is 1. The number of para-hydroxylation sites is 1. The van der Waals surface area contributed by atoms with Crippen molar-refractivity contribution in [2.45, 2.75) is 31.0 Å². The molecule has 0 aliphatic rings. The van der Waals surface area contributed by atoms with Gasteiger partial charge >= 0.3 is 12.1 Å². The molecule has 1 aromatic carbocycles. The van der Waals surface area contributed by atoms with Crippen LogP contribution in [0.4, 0.5) is 13.2 Å². The molecule has 1 aromatic rings. The molecule has 0 amide bonds. The van der Waals surface area contributed by atoms with Crippen LogP contribution in [0.5, 0.6) is 5.75 Å². The maximum atomic E-state index is 13.4. The van der Waals surface area contributed by atoms with Crippen LogP contribution in [0.15, 0.2) is 24.3 Å². The van der Waals surface area contributed by atoms with E-state index in [4.69, 9.17) is 20.4 Å². The van der Waals surface area contributed by atoms with Crippen molar-refractivity contribution in [2.75, 3.05) is 18.6 Å². The highest BCUT2D eigenvalue weighted by Crippen LogP contribution is 2.41. The molecule has 142 valence electrons. The maximum absolute atomic E-state index is 13.4. The van der Waals surface area contributed by atoms with Crippen molar-refractivity contribution >= 4 is 15.7 Å². The monoisotopic (exact) mass is 382 g/mol. The second-order valence-corrected chi connectivity index (χ2v) is 8.02. The van der Waals surface area contributed by atoms with E-state index in [-0.39, 0.29) is 23.5 Å². The van der Waals surface area contributed by atoms with Crippen LogP contribution in [0.2, 0.25) is 0 Å². The first-order valence-electron chi connectivity index (χ1n) is 7.40. The molecule has 0 aromatic heterocycles. The molecule has 0 aliphatic heterocycles. The number of rotatable bonds is 9. The summed E-state index contributed by atoms with van der Waals surface area (Å²) in [4.78, 5) is 10.6. The Kier molecular flexibility index (Phi) is 7.24. The van der Waals surface area contributed by atoms with Crippen LogP contribution in [-0.4, -0.2) is 46.1 Å². The van der Waals surface area contributed by atoms with Gasteiger partial charge in [0, 0.05) is 26.8 Å². The Morgan fingerprint density at radius 3 is 2.40 bits per heavy atom. The number of carbonyl (C=O) groups is 1. The Morgan fingerprint density at radius 2 is 1.88 bits per heavy atom. The van der Waals surface area contributed by atoms with Crippen molar-refractivity contribution in [2.24, 2.45) is 5.73 Å². The number of methoxy groups -OCH3 is 1. The highest BCUT2D eigenvalue weighted by atomic mass is 32.2. The molecule has 6 nitrogen and oxygen atoms in total. The lowest BCUT2D eigenvalue weighted by atomic mass is 9.95. The quantitative estimate of drug-likeness (QED) is 0.607. The summed E-state index contributed by atoms with van der Waals surface area (Å²) in [5, 5.41) is 8.67. The molecule has 0 heterocycles. The number of benzene rings is 1. The number of aliphatic carboxylic acids is 1. The lowest BCUT2D eigenvalue weighted by molar-refractivity contribution is -0.151. The zero-order valence-corrected chi connectivity index (χ0v) is 14.4.